The van der Waals surface area contributed by atoms with Crippen molar-refractivity contribution in [2.75, 3.05) is 12.3 Å². The van der Waals surface area contributed by atoms with Gasteiger partial charge in [-0.05, 0) is 28.1 Å². The molecule has 0 aliphatic heterocycles. The number of nitrogens with zero attached hydrogens (tertiary/aromatic N) is 1. The van der Waals surface area contributed by atoms with E-state index >= 15 is 0 Å². The Morgan fingerprint density at radius 3 is 2.85 bits per heavy atom. The maximum absolute atomic E-state index is 13.8. The number of sulfonamides is 1. The van der Waals surface area contributed by atoms with Crippen molar-refractivity contribution in [2.24, 2.45) is 0 Å². The molecular weight excluding hydrogens is 351 g/mol. The van der Waals surface area contributed by atoms with E-state index in [1.54, 1.807) is 6.20 Å². The molecular formula is C11H12BrFN4O2S. The number of hydrogen-bond acceptors (Lipinski definition) is 4. The molecule has 0 amide bonds. The van der Waals surface area contributed by atoms with Gasteiger partial charge in [-0.25, -0.2) is 22.5 Å². The van der Waals surface area contributed by atoms with E-state index in [0.717, 1.165) is 11.8 Å². The van der Waals surface area contributed by atoms with Gasteiger partial charge in [-0.2, -0.15) is 0 Å². The second kappa shape index (κ2) is 5.90. The lowest BCUT2D eigenvalue weighted by Gasteiger charge is -2.09. The maximum Gasteiger partial charge on any atom is 0.243 e. The second-order valence-corrected chi connectivity index (χ2v) is 6.63. The highest BCUT2D eigenvalue weighted by Gasteiger charge is 2.21. The highest BCUT2D eigenvalue weighted by molar-refractivity contribution is 9.10. The minimum absolute atomic E-state index is 0.00597. The van der Waals surface area contributed by atoms with Gasteiger partial charge in [0, 0.05) is 30.5 Å². The van der Waals surface area contributed by atoms with Crippen LogP contribution in [0, 0.1) is 5.82 Å². The third-order valence-corrected chi connectivity index (χ3v) is 4.59. The van der Waals surface area contributed by atoms with Crippen molar-refractivity contribution in [1.29, 1.82) is 0 Å². The molecule has 108 valence electrons. The number of benzene rings is 1. The van der Waals surface area contributed by atoms with Crippen LogP contribution in [0.1, 0.15) is 5.69 Å². The first kappa shape index (κ1) is 14.9. The molecule has 20 heavy (non-hydrogen) atoms. The number of anilines is 1. The van der Waals surface area contributed by atoms with E-state index in [9.17, 15) is 12.8 Å². The lowest BCUT2D eigenvalue weighted by atomic mass is 10.3. The largest absolute Gasteiger partial charge is 0.399 e. The SMILES string of the molecule is Nc1cc(Br)c(F)c(S(=O)(=O)NCCc2cnc[nH]2)c1. The van der Waals surface area contributed by atoms with E-state index in [4.69, 9.17) is 5.73 Å². The Hall–Kier alpha value is -1.45. The van der Waals surface area contributed by atoms with Crippen molar-refractivity contribution < 1.29 is 12.8 Å². The lowest BCUT2D eigenvalue weighted by molar-refractivity contribution is 0.554. The van der Waals surface area contributed by atoms with E-state index in [1.165, 1.54) is 12.4 Å². The van der Waals surface area contributed by atoms with Gasteiger partial charge in [-0.1, -0.05) is 0 Å². The molecule has 1 aromatic heterocycles. The first-order valence-corrected chi connectivity index (χ1v) is 7.89. The molecule has 6 nitrogen and oxygen atoms in total. The number of nitrogens with one attached hydrogen (secondary N) is 2. The van der Waals surface area contributed by atoms with Crippen LogP contribution in [0.15, 0.2) is 34.0 Å². The Labute approximate surface area is 123 Å². The summed E-state index contributed by atoms with van der Waals surface area (Å²) in [5, 5.41) is 0. The van der Waals surface area contributed by atoms with Crippen molar-refractivity contribution in [3.63, 3.8) is 0 Å². The molecule has 0 spiro atoms. The summed E-state index contributed by atoms with van der Waals surface area (Å²) in [6.45, 7) is 0.121. The fourth-order valence-corrected chi connectivity index (χ4v) is 3.37. The van der Waals surface area contributed by atoms with E-state index in [1.807, 2.05) is 0 Å². The molecule has 0 aliphatic rings. The zero-order valence-electron chi connectivity index (χ0n) is 10.2. The van der Waals surface area contributed by atoms with Crippen LogP contribution in [0.3, 0.4) is 0 Å². The third kappa shape index (κ3) is 3.35. The fourth-order valence-electron chi connectivity index (χ4n) is 1.60. The van der Waals surface area contributed by atoms with Gasteiger partial charge >= 0.3 is 0 Å². The van der Waals surface area contributed by atoms with Gasteiger partial charge in [0.1, 0.15) is 4.90 Å². The summed E-state index contributed by atoms with van der Waals surface area (Å²) < 4.78 is 40.2. The van der Waals surface area contributed by atoms with E-state index < -0.39 is 20.7 Å². The van der Waals surface area contributed by atoms with Gasteiger partial charge in [0.2, 0.25) is 10.0 Å². The van der Waals surface area contributed by atoms with Crippen molar-refractivity contribution in [3.05, 3.63) is 40.6 Å². The standard InChI is InChI=1S/C11H12BrFN4O2S/c12-9-3-7(14)4-10(11(9)13)20(18,19)17-2-1-8-5-15-6-16-8/h3-6,17H,1-2,14H2,(H,15,16). The molecule has 0 fully saturated rings. The number of H-pyrrole nitrogens is 1. The molecule has 1 heterocycles. The van der Waals surface area contributed by atoms with Crippen LogP contribution in [0.2, 0.25) is 0 Å². The van der Waals surface area contributed by atoms with Gasteiger partial charge in [0.05, 0.1) is 10.8 Å². The molecule has 0 radical (unpaired) electrons. The highest BCUT2D eigenvalue weighted by atomic mass is 79.9. The number of rotatable bonds is 5. The summed E-state index contributed by atoms with van der Waals surface area (Å²) in [6.07, 6.45) is 3.51. The first-order chi connectivity index (χ1) is 9.40. The van der Waals surface area contributed by atoms with E-state index in [0.29, 0.717) is 6.42 Å². The Balaban J connectivity index is 2.14. The molecule has 2 rings (SSSR count). The van der Waals surface area contributed by atoms with Gasteiger partial charge in [0.15, 0.2) is 5.82 Å². The maximum atomic E-state index is 13.8. The number of aromatic nitrogens is 2. The van der Waals surface area contributed by atoms with Crippen LogP contribution in [0.25, 0.3) is 0 Å². The van der Waals surface area contributed by atoms with Gasteiger partial charge in [-0.15, -0.1) is 0 Å². The molecule has 9 heteroatoms. The molecule has 4 N–H and O–H groups in total. The van der Waals surface area contributed by atoms with Crippen LogP contribution >= 0.6 is 15.9 Å². The normalized spacial score (nSPS) is 11.7. The Morgan fingerprint density at radius 2 is 2.20 bits per heavy atom. The summed E-state index contributed by atoms with van der Waals surface area (Å²) in [7, 11) is -3.96. The predicted molar refractivity (Wildman–Crippen MR) is 76.0 cm³/mol. The third-order valence-electron chi connectivity index (χ3n) is 2.55. The summed E-state index contributed by atoms with van der Waals surface area (Å²) >= 11 is 2.93. The van der Waals surface area contributed by atoms with Gasteiger partial charge in [-0.3, -0.25) is 0 Å². The Morgan fingerprint density at radius 1 is 1.45 bits per heavy atom. The smallest absolute Gasteiger partial charge is 0.243 e. The zero-order chi connectivity index (χ0) is 14.8. The minimum Gasteiger partial charge on any atom is -0.399 e. The van der Waals surface area contributed by atoms with E-state index in [2.05, 4.69) is 30.6 Å². The van der Waals surface area contributed by atoms with Crippen molar-refractivity contribution >= 4 is 31.6 Å². The first-order valence-electron chi connectivity index (χ1n) is 5.61. The molecule has 0 atom stereocenters. The summed E-state index contributed by atoms with van der Waals surface area (Å²) in [4.78, 5) is 6.18. The van der Waals surface area contributed by atoms with Crippen LogP contribution in [0.4, 0.5) is 10.1 Å². The molecule has 0 unspecified atom stereocenters. The number of aromatic amines is 1. The highest BCUT2D eigenvalue weighted by Crippen LogP contribution is 2.25. The molecule has 1 aromatic carbocycles. The van der Waals surface area contributed by atoms with Crippen LogP contribution in [0.5, 0.6) is 0 Å². The van der Waals surface area contributed by atoms with Gasteiger partial charge in [0.25, 0.3) is 0 Å². The Kier molecular flexibility index (Phi) is 4.41. The van der Waals surface area contributed by atoms with E-state index in [-0.39, 0.29) is 16.7 Å². The van der Waals surface area contributed by atoms with Crippen LogP contribution < -0.4 is 10.5 Å². The summed E-state index contributed by atoms with van der Waals surface area (Å²) in [5.74, 6) is -0.867. The minimum atomic E-state index is -3.96. The quantitative estimate of drug-likeness (QED) is 0.700. The number of nitrogen functional groups attached to an aromatic ring is 1. The topological polar surface area (TPSA) is 101 Å². The Bertz CT molecular complexity index is 703. The number of imidazole rings is 1. The number of hydrogen-bond donors (Lipinski definition) is 3. The molecule has 0 saturated carbocycles. The molecule has 0 aliphatic carbocycles. The average Bonchev–Trinajstić information content (AvgIpc) is 2.86. The molecule has 2 aromatic rings. The van der Waals surface area contributed by atoms with Crippen molar-refractivity contribution in [3.8, 4) is 0 Å². The fraction of sp³-hybridized carbons (Fsp3) is 0.182. The second-order valence-electron chi connectivity index (χ2n) is 4.04. The van der Waals surface area contributed by atoms with Gasteiger partial charge < -0.3 is 10.7 Å². The average molecular weight is 363 g/mol. The van der Waals surface area contributed by atoms with Crippen LogP contribution in [-0.2, 0) is 16.4 Å². The van der Waals surface area contributed by atoms with Crippen molar-refractivity contribution in [1.82, 2.24) is 14.7 Å². The monoisotopic (exact) mass is 362 g/mol. The summed E-state index contributed by atoms with van der Waals surface area (Å²) in [5.41, 5.74) is 6.47. The predicted octanol–water partition coefficient (Wildman–Crippen LogP) is 1.41. The van der Waals surface area contributed by atoms with Crippen molar-refractivity contribution in [2.45, 2.75) is 11.3 Å². The molecule has 0 saturated heterocycles. The molecule has 0 bridgehead atoms. The van der Waals surface area contributed by atoms with Crippen LogP contribution in [-0.4, -0.2) is 24.9 Å². The summed E-state index contributed by atoms with van der Waals surface area (Å²) in [6, 6.07) is 2.39. The zero-order valence-corrected chi connectivity index (χ0v) is 12.6. The number of halogens is 2. The lowest BCUT2D eigenvalue weighted by Crippen LogP contribution is -2.27. The number of nitrogens with two attached hydrogens (primary N) is 1.